The first kappa shape index (κ1) is 18.4. The molecule has 7 nitrogen and oxygen atoms in total. The van der Waals surface area contributed by atoms with Crippen LogP contribution >= 0.6 is 11.8 Å². The van der Waals surface area contributed by atoms with Gasteiger partial charge in [-0.3, -0.25) is 18.6 Å². The average Bonchev–Trinajstić information content (AvgIpc) is 3.04. The lowest BCUT2D eigenvalue weighted by molar-refractivity contribution is -0.139. The number of aromatic nitrogens is 4. The number of para-hydroxylation sites is 1. The highest BCUT2D eigenvalue weighted by Crippen LogP contribution is 2.25. The van der Waals surface area contributed by atoms with E-state index in [2.05, 4.69) is 24.0 Å². The minimum absolute atomic E-state index is 0.0706. The van der Waals surface area contributed by atoms with Crippen molar-refractivity contribution in [3.05, 3.63) is 34.6 Å². The summed E-state index contributed by atoms with van der Waals surface area (Å²) < 4.78 is 8.31. The van der Waals surface area contributed by atoms with Gasteiger partial charge in [-0.1, -0.05) is 37.7 Å². The van der Waals surface area contributed by atoms with Crippen molar-refractivity contribution in [3.8, 4) is 0 Å². The number of hydrogen-bond donors (Lipinski definition) is 0. The molecule has 0 aliphatic carbocycles. The second-order valence-corrected chi connectivity index (χ2v) is 7.87. The van der Waals surface area contributed by atoms with E-state index < -0.39 is 5.25 Å². The molecule has 2 aromatic heterocycles. The molecule has 1 aromatic carbocycles. The number of ether oxygens (including phenoxy) is 1. The third-order valence-electron chi connectivity index (χ3n) is 4.22. The molecule has 0 aliphatic heterocycles. The van der Waals surface area contributed by atoms with Crippen LogP contribution in [0.2, 0.25) is 0 Å². The van der Waals surface area contributed by atoms with Crippen LogP contribution in [-0.4, -0.2) is 37.5 Å². The fourth-order valence-corrected chi connectivity index (χ4v) is 3.65. The predicted molar refractivity (Wildman–Crippen MR) is 102 cm³/mol. The van der Waals surface area contributed by atoms with Crippen LogP contribution in [0.15, 0.2) is 34.2 Å². The van der Waals surface area contributed by atoms with Crippen LogP contribution in [0.1, 0.15) is 27.2 Å². The van der Waals surface area contributed by atoms with E-state index in [-0.39, 0.29) is 11.5 Å². The van der Waals surface area contributed by atoms with Crippen molar-refractivity contribution in [2.24, 2.45) is 5.92 Å². The van der Waals surface area contributed by atoms with Crippen LogP contribution < -0.4 is 5.56 Å². The summed E-state index contributed by atoms with van der Waals surface area (Å²) in [7, 11) is 1.36. The number of hydrogen-bond acceptors (Lipinski definition) is 6. The molecule has 0 saturated carbocycles. The van der Waals surface area contributed by atoms with E-state index in [9.17, 15) is 9.59 Å². The van der Waals surface area contributed by atoms with Gasteiger partial charge in [0.15, 0.2) is 5.16 Å². The lowest BCUT2D eigenvalue weighted by atomic mass is 10.1. The number of nitrogens with zero attached hydrogens (tertiary/aromatic N) is 4. The molecule has 26 heavy (non-hydrogen) atoms. The Hall–Kier alpha value is -2.35. The van der Waals surface area contributed by atoms with E-state index in [4.69, 9.17) is 4.74 Å². The monoisotopic (exact) mass is 374 g/mol. The van der Waals surface area contributed by atoms with Gasteiger partial charge >= 0.3 is 5.97 Å². The Labute approximate surface area is 155 Å². The van der Waals surface area contributed by atoms with Gasteiger partial charge in [-0.2, -0.15) is 0 Å². The Balaban J connectivity index is 2.21. The molecule has 3 rings (SSSR count). The lowest BCUT2D eigenvalue weighted by Crippen LogP contribution is -2.24. The van der Waals surface area contributed by atoms with Gasteiger partial charge in [0.25, 0.3) is 5.56 Å². The molecule has 0 unspecified atom stereocenters. The van der Waals surface area contributed by atoms with Crippen LogP contribution in [0.25, 0.3) is 16.7 Å². The van der Waals surface area contributed by atoms with Gasteiger partial charge in [0.1, 0.15) is 5.25 Å². The molecule has 0 spiro atoms. The number of thioether (sulfide) groups is 1. The minimum Gasteiger partial charge on any atom is -0.468 e. The molecule has 0 bridgehead atoms. The molecular weight excluding hydrogens is 352 g/mol. The number of benzene rings is 1. The van der Waals surface area contributed by atoms with E-state index in [0.717, 1.165) is 11.9 Å². The standard InChI is InChI=1S/C18H22N4O3S/c1-11(2)9-10-21-15(23)13-7-5-6-8-14(13)22-17(21)19-20-18(22)26-12(3)16(24)25-4/h5-8,11-12H,9-10H2,1-4H3/t12-/m1/s1. The zero-order valence-electron chi connectivity index (χ0n) is 15.3. The Morgan fingerprint density at radius 1 is 1.23 bits per heavy atom. The molecule has 0 fully saturated rings. The summed E-state index contributed by atoms with van der Waals surface area (Å²) in [5, 5.41) is 9.23. The van der Waals surface area contributed by atoms with Gasteiger partial charge in [0, 0.05) is 6.54 Å². The van der Waals surface area contributed by atoms with E-state index >= 15 is 0 Å². The van der Waals surface area contributed by atoms with E-state index in [1.54, 1.807) is 17.6 Å². The van der Waals surface area contributed by atoms with Gasteiger partial charge in [-0.05, 0) is 31.4 Å². The molecular formula is C18H22N4O3S. The zero-order chi connectivity index (χ0) is 18.8. The molecule has 0 amide bonds. The zero-order valence-corrected chi connectivity index (χ0v) is 16.1. The van der Waals surface area contributed by atoms with Crippen molar-refractivity contribution >= 4 is 34.4 Å². The number of methoxy groups -OCH3 is 1. The Morgan fingerprint density at radius 3 is 2.65 bits per heavy atom. The molecule has 3 aromatic rings. The number of carbonyl (C=O) groups excluding carboxylic acids is 1. The normalized spacial score (nSPS) is 12.8. The third-order valence-corrected chi connectivity index (χ3v) is 5.24. The van der Waals surface area contributed by atoms with Crippen molar-refractivity contribution in [2.45, 2.75) is 44.1 Å². The first-order valence-electron chi connectivity index (χ1n) is 8.55. The van der Waals surface area contributed by atoms with Gasteiger partial charge in [-0.15, -0.1) is 10.2 Å². The summed E-state index contributed by atoms with van der Waals surface area (Å²) in [4.78, 5) is 24.7. The molecule has 0 aliphatic rings. The second kappa shape index (κ2) is 7.49. The van der Waals surface area contributed by atoms with E-state index in [1.807, 2.05) is 22.6 Å². The fourth-order valence-electron chi connectivity index (χ4n) is 2.77. The lowest BCUT2D eigenvalue weighted by Gasteiger charge is -2.13. The summed E-state index contributed by atoms with van der Waals surface area (Å²) in [6.07, 6.45) is 0.863. The molecule has 0 saturated heterocycles. The van der Waals surface area contributed by atoms with Gasteiger partial charge in [0.2, 0.25) is 5.78 Å². The molecule has 8 heteroatoms. The van der Waals surface area contributed by atoms with Crippen molar-refractivity contribution < 1.29 is 9.53 Å². The number of rotatable bonds is 6. The van der Waals surface area contributed by atoms with Crippen molar-refractivity contribution in [3.63, 3.8) is 0 Å². The number of aryl methyl sites for hydroxylation is 1. The smallest absolute Gasteiger partial charge is 0.318 e. The molecule has 138 valence electrons. The topological polar surface area (TPSA) is 78.5 Å². The van der Waals surface area contributed by atoms with E-state index in [0.29, 0.717) is 28.8 Å². The summed E-state index contributed by atoms with van der Waals surface area (Å²) in [6, 6.07) is 7.39. The van der Waals surface area contributed by atoms with Crippen LogP contribution in [0, 0.1) is 5.92 Å². The Morgan fingerprint density at radius 2 is 1.96 bits per heavy atom. The Bertz CT molecular complexity index is 1010. The number of fused-ring (bicyclic) bond motifs is 3. The van der Waals surface area contributed by atoms with Gasteiger partial charge < -0.3 is 4.74 Å². The van der Waals surface area contributed by atoms with Crippen LogP contribution in [-0.2, 0) is 16.1 Å². The SMILES string of the molecule is COC(=O)[C@@H](C)Sc1nnc2n(CCC(C)C)c(=O)c3ccccc3n12. The van der Waals surface area contributed by atoms with Crippen molar-refractivity contribution in [1.29, 1.82) is 0 Å². The van der Waals surface area contributed by atoms with Crippen LogP contribution in [0.3, 0.4) is 0 Å². The number of esters is 1. The first-order valence-corrected chi connectivity index (χ1v) is 9.43. The minimum atomic E-state index is -0.429. The average molecular weight is 374 g/mol. The first-order chi connectivity index (χ1) is 12.4. The second-order valence-electron chi connectivity index (χ2n) is 6.56. The molecule has 0 radical (unpaired) electrons. The van der Waals surface area contributed by atoms with Crippen LogP contribution in [0.4, 0.5) is 0 Å². The highest BCUT2D eigenvalue weighted by molar-refractivity contribution is 8.00. The van der Waals surface area contributed by atoms with Crippen LogP contribution in [0.5, 0.6) is 0 Å². The fraction of sp³-hybridized carbons (Fsp3) is 0.444. The summed E-state index contributed by atoms with van der Waals surface area (Å²) in [5.41, 5.74) is 0.663. The maximum Gasteiger partial charge on any atom is 0.318 e. The maximum absolute atomic E-state index is 12.9. The molecule has 2 heterocycles. The predicted octanol–water partition coefficient (Wildman–Crippen LogP) is 2.74. The maximum atomic E-state index is 12.9. The highest BCUT2D eigenvalue weighted by Gasteiger charge is 2.21. The number of carbonyl (C=O) groups is 1. The highest BCUT2D eigenvalue weighted by atomic mass is 32.2. The Kier molecular flexibility index (Phi) is 5.31. The molecule has 0 N–H and O–H groups in total. The summed E-state index contributed by atoms with van der Waals surface area (Å²) in [5.74, 6) is 0.627. The quantitative estimate of drug-likeness (QED) is 0.488. The van der Waals surface area contributed by atoms with Gasteiger partial charge in [-0.25, -0.2) is 0 Å². The van der Waals surface area contributed by atoms with Crippen molar-refractivity contribution in [1.82, 2.24) is 19.2 Å². The van der Waals surface area contributed by atoms with Gasteiger partial charge in [0.05, 0.1) is 18.0 Å². The van der Waals surface area contributed by atoms with Crippen molar-refractivity contribution in [2.75, 3.05) is 7.11 Å². The largest absolute Gasteiger partial charge is 0.468 e. The third kappa shape index (κ3) is 3.33. The van der Waals surface area contributed by atoms with E-state index in [1.165, 1.54) is 18.9 Å². The molecule has 1 atom stereocenters. The summed E-state index contributed by atoms with van der Waals surface area (Å²) >= 11 is 1.27. The summed E-state index contributed by atoms with van der Waals surface area (Å²) in [6.45, 7) is 6.56.